The van der Waals surface area contributed by atoms with Crippen molar-refractivity contribution in [2.75, 3.05) is 13.2 Å². The zero-order valence-electron chi connectivity index (χ0n) is 33.5. The van der Waals surface area contributed by atoms with E-state index in [0.717, 1.165) is 44.5 Å². The van der Waals surface area contributed by atoms with Gasteiger partial charge in [0.2, 0.25) is 11.8 Å². The molecule has 0 radical (unpaired) electrons. The van der Waals surface area contributed by atoms with Crippen molar-refractivity contribution >= 4 is 33.8 Å². The van der Waals surface area contributed by atoms with Gasteiger partial charge >= 0.3 is 5.97 Å². The van der Waals surface area contributed by atoms with Gasteiger partial charge in [0.05, 0.1) is 0 Å². The molecule has 12 nitrogen and oxygen atoms in total. The van der Waals surface area contributed by atoms with E-state index in [1.54, 1.807) is 28.5 Å². The fourth-order valence-electron chi connectivity index (χ4n) is 6.35. The number of nitrogens with zero attached hydrogens (tertiary/aromatic N) is 6. The van der Waals surface area contributed by atoms with E-state index in [2.05, 4.69) is 27.1 Å². The third-order valence-corrected chi connectivity index (χ3v) is 9.37. The van der Waals surface area contributed by atoms with Crippen LogP contribution in [0.2, 0.25) is 0 Å². The summed E-state index contributed by atoms with van der Waals surface area (Å²) in [6.45, 7) is 3.63. The van der Waals surface area contributed by atoms with Crippen LogP contribution in [0.25, 0.3) is 44.6 Å². The van der Waals surface area contributed by atoms with Gasteiger partial charge in [-0.05, 0) is 36.1 Å². The molecule has 3 N–H and O–H groups in total. The Kier molecular flexibility index (Phi) is 13.9. The Balaban J connectivity index is 0.000000169. The third-order valence-electron chi connectivity index (χ3n) is 9.37. The second-order valence-electron chi connectivity index (χ2n) is 13.9. The molecule has 8 aromatic rings. The summed E-state index contributed by atoms with van der Waals surface area (Å²) < 4.78 is 14.2. The van der Waals surface area contributed by atoms with Gasteiger partial charge in [0.15, 0.2) is 23.7 Å². The van der Waals surface area contributed by atoms with Gasteiger partial charge in [-0.1, -0.05) is 128 Å². The molecule has 0 aliphatic rings. The van der Waals surface area contributed by atoms with Crippen molar-refractivity contribution in [3.8, 4) is 34.3 Å². The highest BCUT2D eigenvalue weighted by molar-refractivity contribution is 5.92. The summed E-state index contributed by atoms with van der Waals surface area (Å²) in [4.78, 5) is 31.7. The number of benzene rings is 4. The average molecular weight is 790 g/mol. The summed E-state index contributed by atoms with van der Waals surface area (Å²) in [6, 6.07) is 47.3. The van der Waals surface area contributed by atoms with Crippen LogP contribution >= 0.6 is 0 Å². The van der Waals surface area contributed by atoms with Gasteiger partial charge in [-0.3, -0.25) is 4.79 Å². The number of aliphatic carboxylic acids is 1. The molecule has 300 valence electrons. The van der Waals surface area contributed by atoms with Gasteiger partial charge in [0, 0.05) is 60.6 Å². The number of aromatic nitrogens is 6. The molecule has 0 saturated heterocycles. The lowest BCUT2D eigenvalue weighted by Crippen LogP contribution is -2.14. The van der Waals surface area contributed by atoms with Crippen LogP contribution in [0.3, 0.4) is 0 Å². The number of hydrogen-bond donors (Lipinski definition) is 2. The minimum Gasteiger partial charge on any atom is -0.479 e. The maximum atomic E-state index is 12.3. The maximum absolute atomic E-state index is 12.3. The first kappa shape index (κ1) is 41.5. The number of carboxylic acids is 1. The van der Waals surface area contributed by atoms with Crippen molar-refractivity contribution in [2.45, 2.75) is 32.2 Å². The molecule has 4 aromatic heterocycles. The summed E-state index contributed by atoms with van der Waals surface area (Å²) in [5.41, 5.74) is 13.1. The van der Waals surface area contributed by atoms with Crippen LogP contribution in [0.4, 0.5) is 0 Å². The summed E-state index contributed by atoms with van der Waals surface area (Å²) in [7, 11) is 3.65. The fraction of sp³-hybridized carbons (Fsp3) is 0.191. The van der Waals surface area contributed by atoms with Gasteiger partial charge in [0.1, 0.15) is 18.0 Å². The molecule has 4 heterocycles. The first-order chi connectivity index (χ1) is 28.6. The van der Waals surface area contributed by atoms with E-state index >= 15 is 0 Å². The lowest BCUT2D eigenvalue weighted by Gasteiger charge is -2.11. The number of Topliss-reactive ketones (excluding diaryl/α,β-unsaturated/α-hetero) is 1. The Labute approximate surface area is 342 Å². The smallest absolute Gasteiger partial charge is 0.341 e. The third kappa shape index (κ3) is 11.0. The molecule has 0 amide bonds. The number of hydrogen-bond acceptors (Lipinski definition) is 9. The molecule has 2 atom stereocenters. The highest BCUT2D eigenvalue weighted by Gasteiger charge is 2.16. The predicted octanol–water partition coefficient (Wildman–Crippen LogP) is 8.58. The average Bonchev–Trinajstić information content (AvgIpc) is 3.78. The number of fused-ring (bicyclic) bond motifs is 2. The molecule has 4 aromatic carbocycles. The van der Waals surface area contributed by atoms with Gasteiger partial charge in [-0.2, -0.15) is 20.2 Å². The Morgan fingerprint density at radius 3 is 1.41 bits per heavy atom. The van der Waals surface area contributed by atoms with Crippen LogP contribution in [-0.2, 0) is 23.7 Å². The van der Waals surface area contributed by atoms with E-state index in [4.69, 9.17) is 20.3 Å². The SMILES string of the molecule is CC(N)c1ccccc1.C[C@H](CC(=O)COc1ccc2c(-c3ccccc3)nn(C)c2n1)c1ccccc1.Cn1nc(-c2ccccc2)c2ccc(OCC(=O)O)nc21. The minimum atomic E-state index is -1.04. The molecule has 0 aliphatic carbocycles. The molecule has 0 fully saturated rings. The second kappa shape index (κ2) is 19.8. The van der Waals surface area contributed by atoms with Crippen molar-refractivity contribution in [1.29, 1.82) is 0 Å². The number of nitrogens with two attached hydrogens (primary N) is 1. The van der Waals surface area contributed by atoms with Gasteiger partial charge in [0.25, 0.3) is 0 Å². The highest BCUT2D eigenvalue weighted by atomic mass is 16.5. The summed E-state index contributed by atoms with van der Waals surface area (Å²) in [6.07, 6.45) is 0.441. The quantitative estimate of drug-likeness (QED) is 0.123. The van der Waals surface area contributed by atoms with E-state index in [1.807, 2.05) is 147 Å². The van der Waals surface area contributed by atoms with Crippen LogP contribution in [0, 0.1) is 0 Å². The lowest BCUT2D eigenvalue weighted by atomic mass is 9.96. The summed E-state index contributed by atoms with van der Waals surface area (Å²) in [5, 5.41) is 19.6. The maximum Gasteiger partial charge on any atom is 0.341 e. The molecule has 12 heteroatoms. The lowest BCUT2D eigenvalue weighted by molar-refractivity contribution is -0.139. The van der Waals surface area contributed by atoms with Crippen LogP contribution in [0.15, 0.2) is 146 Å². The number of rotatable bonds is 12. The number of ketones is 1. The molecule has 0 aliphatic heterocycles. The van der Waals surface area contributed by atoms with Crippen molar-refractivity contribution in [3.05, 3.63) is 157 Å². The zero-order valence-corrected chi connectivity index (χ0v) is 33.5. The highest BCUT2D eigenvalue weighted by Crippen LogP contribution is 2.29. The first-order valence-electron chi connectivity index (χ1n) is 19.2. The molecular weight excluding hydrogens is 743 g/mol. The molecule has 0 bridgehead atoms. The van der Waals surface area contributed by atoms with Gasteiger partial charge in [-0.15, -0.1) is 0 Å². The largest absolute Gasteiger partial charge is 0.479 e. The fourth-order valence-corrected chi connectivity index (χ4v) is 6.35. The topological polar surface area (TPSA) is 160 Å². The Hall–Kier alpha value is -7.18. The van der Waals surface area contributed by atoms with Crippen molar-refractivity contribution < 1.29 is 24.2 Å². The number of carbonyl (C=O) groups excluding carboxylic acids is 1. The van der Waals surface area contributed by atoms with Crippen molar-refractivity contribution in [2.24, 2.45) is 19.8 Å². The van der Waals surface area contributed by atoms with Crippen LogP contribution < -0.4 is 15.2 Å². The standard InChI is InChI=1S/C24H23N3O2.C15H13N3O3.C8H11N/c1-17(18-9-5-3-6-10-18)15-20(28)16-29-22-14-13-21-23(19-11-7-4-8-12-19)26-27(2)24(21)25-22;1-18-15-11(7-8-12(16-15)21-9-13(19)20)14(17-18)10-5-3-2-4-6-10;1-7(9)8-5-3-2-4-6-8/h3-14,17H,15-16H2,1-2H3;2-8H,9H2,1H3,(H,19,20);2-7H,9H2,1H3/t17-;;/m1../s1. The summed E-state index contributed by atoms with van der Waals surface area (Å²) in [5.74, 6) is -0.119. The normalized spacial score (nSPS) is 11.7. The van der Waals surface area contributed by atoms with E-state index in [0.29, 0.717) is 17.9 Å². The molecular formula is C47H47N7O5. The number of carboxylic acid groups (broad SMARTS) is 1. The molecule has 0 spiro atoms. The van der Waals surface area contributed by atoms with Crippen molar-refractivity contribution in [3.63, 3.8) is 0 Å². The molecule has 8 rings (SSSR count). The van der Waals surface area contributed by atoms with Gasteiger partial charge in [-0.25, -0.2) is 14.2 Å². The number of aryl methyl sites for hydroxylation is 2. The van der Waals surface area contributed by atoms with Crippen LogP contribution in [0.1, 0.15) is 43.4 Å². The number of pyridine rings is 2. The van der Waals surface area contributed by atoms with E-state index in [1.165, 1.54) is 5.56 Å². The molecule has 1 unspecified atom stereocenters. The number of carbonyl (C=O) groups is 2. The minimum absolute atomic E-state index is 0.0130. The molecule has 0 saturated carbocycles. The first-order valence-corrected chi connectivity index (χ1v) is 19.2. The van der Waals surface area contributed by atoms with Crippen LogP contribution in [0.5, 0.6) is 11.8 Å². The molecule has 59 heavy (non-hydrogen) atoms. The predicted molar refractivity (Wildman–Crippen MR) is 230 cm³/mol. The van der Waals surface area contributed by atoms with Crippen molar-refractivity contribution in [1.82, 2.24) is 29.5 Å². The van der Waals surface area contributed by atoms with Crippen LogP contribution in [-0.4, -0.2) is 59.6 Å². The van der Waals surface area contributed by atoms with Gasteiger partial charge < -0.3 is 20.3 Å². The van der Waals surface area contributed by atoms with E-state index in [9.17, 15) is 9.59 Å². The Morgan fingerprint density at radius 1 is 0.593 bits per heavy atom. The van der Waals surface area contributed by atoms with E-state index < -0.39 is 12.6 Å². The monoisotopic (exact) mass is 789 g/mol. The zero-order chi connectivity index (χ0) is 41.7. The summed E-state index contributed by atoms with van der Waals surface area (Å²) >= 11 is 0. The Bertz CT molecular complexity index is 2590. The van der Waals surface area contributed by atoms with E-state index in [-0.39, 0.29) is 30.2 Å². The second-order valence-corrected chi connectivity index (χ2v) is 13.9. The number of ether oxygens (including phenoxy) is 2. The Morgan fingerprint density at radius 2 is 1.00 bits per heavy atom.